The average molecular weight is 571 g/mol. The molecule has 0 fully saturated rings. The van der Waals surface area contributed by atoms with E-state index in [1.807, 2.05) is 62.4 Å². The van der Waals surface area contributed by atoms with E-state index in [2.05, 4.69) is 20.9 Å². The van der Waals surface area contributed by atoms with Crippen LogP contribution in [-0.4, -0.2) is 30.4 Å². The summed E-state index contributed by atoms with van der Waals surface area (Å²) in [6, 6.07) is 12.4. The van der Waals surface area contributed by atoms with Gasteiger partial charge in [-0.2, -0.15) is 0 Å². The highest BCUT2D eigenvalue weighted by Gasteiger charge is 2.33. The van der Waals surface area contributed by atoms with Gasteiger partial charge in [-0.05, 0) is 85.1 Å². The van der Waals surface area contributed by atoms with Gasteiger partial charge in [-0.15, -0.1) is 0 Å². The topological polar surface area (TPSA) is 79.1 Å². The molecule has 0 radical (unpaired) electrons. The van der Waals surface area contributed by atoms with Gasteiger partial charge in [0.25, 0.3) is 5.56 Å². The molecule has 0 N–H and O–H groups in total. The fraction of sp³-hybridized carbons (Fsp3) is 0.296. The van der Waals surface area contributed by atoms with Crippen LogP contribution in [0.25, 0.3) is 6.08 Å². The molecule has 0 bridgehead atoms. The fourth-order valence-corrected chi connectivity index (χ4v) is 5.61. The van der Waals surface area contributed by atoms with Crippen molar-refractivity contribution >= 4 is 39.3 Å². The van der Waals surface area contributed by atoms with Crippen LogP contribution in [0, 0.1) is 0 Å². The molecule has 2 aromatic carbocycles. The molecule has 3 aromatic rings. The van der Waals surface area contributed by atoms with Gasteiger partial charge in [0, 0.05) is 0 Å². The molecule has 1 aliphatic rings. The zero-order valence-electron chi connectivity index (χ0n) is 20.5. The van der Waals surface area contributed by atoms with Gasteiger partial charge in [0.2, 0.25) is 0 Å². The zero-order chi connectivity index (χ0) is 25.8. The Balaban J connectivity index is 1.87. The van der Waals surface area contributed by atoms with Gasteiger partial charge in [0.05, 0.1) is 46.1 Å². The number of aromatic nitrogens is 1. The Hall–Kier alpha value is -3.17. The summed E-state index contributed by atoms with van der Waals surface area (Å²) in [7, 11) is 0. The summed E-state index contributed by atoms with van der Waals surface area (Å²) in [5.74, 6) is 0.969. The maximum absolute atomic E-state index is 13.7. The first-order valence-corrected chi connectivity index (χ1v) is 13.3. The lowest BCUT2D eigenvalue weighted by Gasteiger charge is -2.24. The molecule has 2 heterocycles. The van der Waals surface area contributed by atoms with E-state index in [1.165, 1.54) is 11.3 Å². The van der Waals surface area contributed by atoms with Gasteiger partial charge in [-0.3, -0.25) is 9.36 Å². The third-order valence-electron chi connectivity index (χ3n) is 5.58. The van der Waals surface area contributed by atoms with Crippen LogP contribution in [0.15, 0.2) is 68.0 Å². The van der Waals surface area contributed by atoms with Crippen molar-refractivity contribution in [3.8, 4) is 11.5 Å². The van der Waals surface area contributed by atoms with Crippen LogP contribution < -0.4 is 24.4 Å². The van der Waals surface area contributed by atoms with Crippen LogP contribution in [0.3, 0.4) is 0 Å². The van der Waals surface area contributed by atoms with E-state index in [9.17, 15) is 9.59 Å². The highest BCUT2D eigenvalue weighted by molar-refractivity contribution is 9.10. The van der Waals surface area contributed by atoms with Gasteiger partial charge in [-0.1, -0.05) is 29.5 Å². The number of esters is 1. The van der Waals surface area contributed by atoms with E-state index in [0.29, 0.717) is 39.6 Å². The van der Waals surface area contributed by atoms with Crippen molar-refractivity contribution in [1.82, 2.24) is 4.57 Å². The third-order valence-corrected chi connectivity index (χ3v) is 7.18. The lowest BCUT2D eigenvalue weighted by Crippen LogP contribution is -2.39. The van der Waals surface area contributed by atoms with E-state index >= 15 is 0 Å². The van der Waals surface area contributed by atoms with Crippen LogP contribution in [0.1, 0.15) is 44.9 Å². The molecular weight excluding hydrogens is 544 g/mol. The minimum Gasteiger partial charge on any atom is -0.494 e. The van der Waals surface area contributed by atoms with Crippen LogP contribution in [-0.2, 0) is 9.53 Å². The van der Waals surface area contributed by atoms with Crippen LogP contribution in [0.2, 0.25) is 0 Å². The van der Waals surface area contributed by atoms with Gasteiger partial charge in [0.15, 0.2) is 4.80 Å². The second-order valence-corrected chi connectivity index (χ2v) is 9.79. The number of allylic oxidation sites excluding steroid dienone is 1. The Morgan fingerprint density at radius 1 is 1.08 bits per heavy atom. The average Bonchev–Trinajstić information content (AvgIpc) is 3.15. The van der Waals surface area contributed by atoms with Crippen molar-refractivity contribution in [1.29, 1.82) is 0 Å². The molecule has 0 amide bonds. The largest absolute Gasteiger partial charge is 0.494 e. The monoisotopic (exact) mass is 570 g/mol. The molecule has 0 saturated heterocycles. The molecule has 188 valence electrons. The number of thiazole rings is 1. The molecule has 1 aromatic heterocycles. The van der Waals surface area contributed by atoms with Gasteiger partial charge >= 0.3 is 5.97 Å². The predicted molar refractivity (Wildman–Crippen MR) is 143 cm³/mol. The Morgan fingerprint density at radius 2 is 1.81 bits per heavy atom. The Morgan fingerprint density at radius 3 is 2.44 bits per heavy atom. The smallest absolute Gasteiger partial charge is 0.338 e. The molecule has 1 aliphatic heterocycles. The first-order chi connectivity index (χ1) is 17.4. The Bertz CT molecular complexity index is 1490. The quantitative estimate of drug-likeness (QED) is 0.376. The van der Waals surface area contributed by atoms with Crippen molar-refractivity contribution in [2.24, 2.45) is 4.99 Å². The SMILES string of the molecule is CCOC(=O)C1=C(C)N=c2s/c(=C\c3ccc(OCC)c(Br)c3)c(=O)n2C1c1ccc(OCC)cc1. The molecule has 1 atom stereocenters. The number of benzene rings is 2. The fourth-order valence-electron chi connectivity index (χ4n) is 4.05. The van der Waals surface area contributed by atoms with E-state index in [4.69, 9.17) is 14.2 Å². The number of halogens is 1. The molecule has 0 spiro atoms. The molecule has 7 nitrogen and oxygen atoms in total. The molecular formula is C27H27BrN2O5S. The lowest BCUT2D eigenvalue weighted by molar-refractivity contribution is -0.139. The molecule has 9 heteroatoms. The van der Waals surface area contributed by atoms with Crippen molar-refractivity contribution in [2.75, 3.05) is 19.8 Å². The molecule has 1 unspecified atom stereocenters. The van der Waals surface area contributed by atoms with Crippen molar-refractivity contribution in [3.05, 3.63) is 89.0 Å². The van der Waals surface area contributed by atoms with Crippen LogP contribution >= 0.6 is 27.3 Å². The number of ether oxygens (including phenoxy) is 3. The number of fused-ring (bicyclic) bond motifs is 1. The maximum atomic E-state index is 13.7. The van der Waals surface area contributed by atoms with Crippen molar-refractivity contribution in [3.63, 3.8) is 0 Å². The Labute approximate surface area is 221 Å². The van der Waals surface area contributed by atoms with E-state index < -0.39 is 12.0 Å². The van der Waals surface area contributed by atoms with Gasteiger partial charge in [-0.25, -0.2) is 9.79 Å². The first kappa shape index (κ1) is 25.9. The highest BCUT2D eigenvalue weighted by atomic mass is 79.9. The van der Waals surface area contributed by atoms with E-state index in [0.717, 1.165) is 21.3 Å². The van der Waals surface area contributed by atoms with Crippen LogP contribution in [0.4, 0.5) is 0 Å². The summed E-state index contributed by atoms with van der Waals surface area (Å²) in [6.45, 7) is 8.70. The van der Waals surface area contributed by atoms with Gasteiger partial charge < -0.3 is 14.2 Å². The number of hydrogen-bond acceptors (Lipinski definition) is 7. The zero-order valence-corrected chi connectivity index (χ0v) is 22.9. The minimum atomic E-state index is -0.662. The number of hydrogen-bond donors (Lipinski definition) is 0. The maximum Gasteiger partial charge on any atom is 0.338 e. The van der Waals surface area contributed by atoms with Crippen molar-refractivity contribution in [2.45, 2.75) is 33.7 Å². The van der Waals surface area contributed by atoms with Crippen molar-refractivity contribution < 1.29 is 19.0 Å². The summed E-state index contributed by atoms with van der Waals surface area (Å²) >= 11 is 4.82. The Kier molecular flexibility index (Phi) is 8.11. The third kappa shape index (κ3) is 5.17. The first-order valence-electron chi connectivity index (χ1n) is 11.7. The summed E-state index contributed by atoms with van der Waals surface area (Å²) in [6.07, 6.45) is 1.82. The lowest BCUT2D eigenvalue weighted by atomic mass is 9.96. The standard InChI is InChI=1S/C27H27BrN2O5S/c1-5-33-19-11-9-18(10-12-19)24-23(26(32)35-7-3)16(4)29-27-30(24)25(31)22(36-27)15-17-8-13-21(34-6-2)20(28)14-17/h8-15,24H,5-7H2,1-4H3/b22-15-. The van der Waals surface area contributed by atoms with E-state index in [-0.39, 0.29) is 12.2 Å². The molecule has 0 aliphatic carbocycles. The highest BCUT2D eigenvalue weighted by Crippen LogP contribution is 2.32. The summed E-state index contributed by atoms with van der Waals surface area (Å²) in [5.41, 5.74) is 2.27. The van der Waals surface area contributed by atoms with E-state index in [1.54, 1.807) is 18.4 Å². The number of carbonyl (C=O) groups excluding carboxylic acids is 1. The summed E-state index contributed by atoms with van der Waals surface area (Å²) in [5, 5.41) is 0. The molecule has 0 saturated carbocycles. The minimum absolute atomic E-state index is 0.225. The second-order valence-electron chi connectivity index (χ2n) is 7.93. The van der Waals surface area contributed by atoms with Crippen LogP contribution in [0.5, 0.6) is 11.5 Å². The summed E-state index contributed by atoms with van der Waals surface area (Å²) in [4.78, 5) is 31.9. The second kappa shape index (κ2) is 11.3. The normalized spacial score (nSPS) is 15.4. The van der Waals surface area contributed by atoms with Gasteiger partial charge in [0.1, 0.15) is 11.5 Å². The summed E-state index contributed by atoms with van der Waals surface area (Å²) < 4.78 is 19.4. The number of rotatable bonds is 8. The number of nitrogens with zero attached hydrogens (tertiary/aromatic N) is 2. The number of carbonyl (C=O) groups is 1. The molecule has 4 rings (SSSR count). The molecule has 36 heavy (non-hydrogen) atoms. The predicted octanol–water partition coefficient (Wildman–Crippen LogP) is 4.36.